The van der Waals surface area contributed by atoms with E-state index >= 15 is 0 Å². The van der Waals surface area contributed by atoms with E-state index in [9.17, 15) is 9.50 Å². The van der Waals surface area contributed by atoms with Crippen LogP contribution in [0.2, 0.25) is 0 Å². The molecule has 1 unspecified atom stereocenters. The van der Waals surface area contributed by atoms with E-state index in [0.717, 1.165) is 5.69 Å². The fourth-order valence-electron chi connectivity index (χ4n) is 2.87. The predicted octanol–water partition coefficient (Wildman–Crippen LogP) is 2.08. The van der Waals surface area contributed by atoms with Gasteiger partial charge in [0.05, 0.1) is 5.60 Å². The fourth-order valence-corrected chi connectivity index (χ4v) is 2.87. The van der Waals surface area contributed by atoms with Gasteiger partial charge in [-0.05, 0) is 26.1 Å². The third kappa shape index (κ3) is 3.73. The van der Waals surface area contributed by atoms with Gasteiger partial charge in [-0.3, -0.25) is 0 Å². The molecule has 1 aromatic carbocycles. The van der Waals surface area contributed by atoms with Crippen LogP contribution in [0.3, 0.4) is 0 Å². The van der Waals surface area contributed by atoms with Crippen LogP contribution in [-0.2, 0) is 4.74 Å². The molecular formula is C16H25FN2O2. The van der Waals surface area contributed by atoms with Crippen LogP contribution in [0.4, 0.5) is 10.1 Å². The maximum atomic E-state index is 14.2. The largest absolute Gasteiger partial charge is 0.388 e. The van der Waals surface area contributed by atoms with Gasteiger partial charge in [-0.1, -0.05) is 6.07 Å². The molecule has 0 radical (unpaired) electrons. The summed E-state index contributed by atoms with van der Waals surface area (Å²) < 4.78 is 19.5. The average molecular weight is 296 g/mol. The lowest BCUT2D eigenvalue weighted by molar-refractivity contribution is -0.0572. The zero-order valence-electron chi connectivity index (χ0n) is 13.0. The summed E-state index contributed by atoms with van der Waals surface area (Å²) in [6, 6.07) is 4.99. The summed E-state index contributed by atoms with van der Waals surface area (Å²) in [5.74, 6) is -0.222. The van der Waals surface area contributed by atoms with Crippen molar-refractivity contribution in [1.82, 2.24) is 5.32 Å². The smallest absolute Gasteiger partial charge is 0.130 e. The number of likely N-dealkylation sites (N-methyl/N-ethyl adjacent to an activating group) is 1. The first kappa shape index (κ1) is 16.2. The van der Waals surface area contributed by atoms with Crippen molar-refractivity contribution < 1.29 is 14.2 Å². The van der Waals surface area contributed by atoms with E-state index in [1.807, 2.05) is 32.0 Å². The molecule has 1 aliphatic heterocycles. The number of hydrogen-bond donors (Lipinski definition) is 2. The second-order valence-corrected chi connectivity index (χ2v) is 5.88. The predicted molar refractivity (Wildman–Crippen MR) is 82.1 cm³/mol. The lowest BCUT2D eigenvalue weighted by atomic mass is 9.93. The Labute approximate surface area is 125 Å². The zero-order chi connectivity index (χ0) is 15.5. The highest BCUT2D eigenvalue weighted by Gasteiger charge is 2.32. The summed E-state index contributed by atoms with van der Waals surface area (Å²) in [6.07, 6.45) is 1.23. The summed E-state index contributed by atoms with van der Waals surface area (Å²) >= 11 is 0. The molecule has 0 saturated carbocycles. The van der Waals surface area contributed by atoms with Crippen LogP contribution in [-0.4, -0.2) is 44.6 Å². The Bertz CT molecular complexity index is 475. The molecule has 2 N–H and O–H groups in total. The highest BCUT2D eigenvalue weighted by Crippen LogP contribution is 2.30. The Balaban J connectivity index is 2.22. The number of rotatable bonds is 5. The van der Waals surface area contributed by atoms with E-state index in [1.165, 1.54) is 6.07 Å². The van der Waals surface area contributed by atoms with Crippen molar-refractivity contribution in [3.8, 4) is 0 Å². The highest BCUT2D eigenvalue weighted by molar-refractivity contribution is 5.55. The van der Waals surface area contributed by atoms with Gasteiger partial charge >= 0.3 is 0 Å². The van der Waals surface area contributed by atoms with Gasteiger partial charge in [-0.25, -0.2) is 4.39 Å². The van der Waals surface area contributed by atoms with Gasteiger partial charge in [-0.2, -0.15) is 0 Å². The molecule has 21 heavy (non-hydrogen) atoms. The Hall–Kier alpha value is -1.17. The molecule has 0 amide bonds. The van der Waals surface area contributed by atoms with E-state index < -0.39 is 5.60 Å². The summed E-state index contributed by atoms with van der Waals surface area (Å²) in [5, 5.41) is 13.7. The Morgan fingerprint density at radius 3 is 2.71 bits per heavy atom. The minimum atomic E-state index is -0.764. The molecule has 2 rings (SSSR count). The molecular weight excluding hydrogens is 271 g/mol. The summed E-state index contributed by atoms with van der Waals surface area (Å²) in [6.45, 7) is 3.56. The Morgan fingerprint density at radius 2 is 2.10 bits per heavy atom. The van der Waals surface area contributed by atoms with E-state index in [0.29, 0.717) is 38.2 Å². The molecule has 1 saturated heterocycles. The number of nitrogens with zero attached hydrogens (tertiary/aromatic N) is 1. The molecule has 0 bridgehead atoms. The van der Waals surface area contributed by atoms with E-state index in [1.54, 1.807) is 6.07 Å². The van der Waals surface area contributed by atoms with Crippen LogP contribution in [0.25, 0.3) is 0 Å². The molecule has 0 aromatic heterocycles. The fraction of sp³-hybridized carbons (Fsp3) is 0.625. The van der Waals surface area contributed by atoms with Gasteiger partial charge in [0.2, 0.25) is 0 Å². The van der Waals surface area contributed by atoms with Crippen LogP contribution < -0.4 is 10.2 Å². The highest BCUT2D eigenvalue weighted by atomic mass is 19.1. The number of anilines is 1. The van der Waals surface area contributed by atoms with Crippen LogP contribution in [0.15, 0.2) is 18.2 Å². The van der Waals surface area contributed by atoms with Crippen molar-refractivity contribution in [2.24, 2.45) is 0 Å². The first-order chi connectivity index (χ1) is 9.97. The summed E-state index contributed by atoms with van der Waals surface area (Å²) in [7, 11) is 3.71. The molecule has 4 nitrogen and oxygen atoms in total. The van der Waals surface area contributed by atoms with Crippen LogP contribution in [0.1, 0.15) is 31.4 Å². The maximum absolute atomic E-state index is 14.2. The number of halogens is 1. The van der Waals surface area contributed by atoms with Crippen molar-refractivity contribution >= 4 is 5.69 Å². The normalized spacial score (nSPS) is 19.3. The van der Waals surface area contributed by atoms with Crippen LogP contribution in [0.5, 0.6) is 0 Å². The quantitative estimate of drug-likeness (QED) is 0.873. The number of hydrogen-bond acceptors (Lipinski definition) is 4. The number of aliphatic hydroxyl groups is 1. The topological polar surface area (TPSA) is 44.7 Å². The SMILES string of the molecule is CNC(C)c1c(F)cccc1N(C)CC1(O)CCOCC1. The minimum Gasteiger partial charge on any atom is -0.388 e. The molecule has 1 fully saturated rings. The van der Waals surface area contributed by atoms with Gasteiger partial charge in [0.1, 0.15) is 5.82 Å². The second kappa shape index (κ2) is 6.73. The molecule has 1 aromatic rings. The van der Waals surface area contributed by atoms with Gasteiger partial charge in [0, 0.05) is 56.9 Å². The first-order valence-corrected chi connectivity index (χ1v) is 7.44. The minimum absolute atomic E-state index is 0.0898. The first-order valence-electron chi connectivity index (χ1n) is 7.44. The Kier molecular flexibility index (Phi) is 5.19. The van der Waals surface area contributed by atoms with E-state index in [-0.39, 0.29) is 11.9 Å². The van der Waals surface area contributed by atoms with Gasteiger partial charge in [-0.15, -0.1) is 0 Å². The number of ether oxygens (including phenoxy) is 1. The lowest BCUT2D eigenvalue weighted by Crippen LogP contribution is -2.46. The average Bonchev–Trinajstić information content (AvgIpc) is 2.46. The number of benzene rings is 1. The maximum Gasteiger partial charge on any atom is 0.130 e. The molecule has 1 heterocycles. The standard InChI is InChI=1S/C16H25FN2O2/c1-12(18-2)15-13(17)5-4-6-14(15)19(3)11-16(20)7-9-21-10-8-16/h4-6,12,18,20H,7-11H2,1-3H3. The van der Waals surface area contributed by atoms with E-state index in [2.05, 4.69) is 5.32 Å². The molecule has 1 atom stereocenters. The second-order valence-electron chi connectivity index (χ2n) is 5.88. The van der Waals surface area contributed by atoms with Crippen LogP contribution >= 0.6 is 0 Å². The lowest BCUT2D eigenvalue weighted by Gasteiger charge is -2.37. The third-order valence-electron chi connectivity index (χ3n) is 4.26. The van der Waals surface area contributed by atoms with Crippen molar-refractivity contribution in [2.45, 2.75) is 31.4 Å². The molecule has 118 valence electrons. The monoisotopic (exact) mass is 296 g/mol. The molecule has 1 aliphatic rings. The summed E-state index contributed by atoms with van der Waals surface area (Å²) in [4.78, 5) is 1.94. The van der Waals surface area contributed by atoms with Gasteiger partial charge in [0.25, 0.3) is 0 Å². The molecule has 0 aliphatic carbocycles. The van der Waals surface area contributed by atoms with Crippen LogP contribution in [0, 0.1) is 5.82 Å². The van der Waals surface area contributed by atoms with Crippen molar-refractivity contribution in [2.75, 3.05) is 38.8 Å². The van der Waals surface area contributed by atoms with Crippen molar-refractivity contribution in [3.05, 3.63) is 29.6 Å². The van der Waals surface area contributed by atoms with Crippen molar-refractivity contribution in [3.63, 3.8) is 0 Å². The molecule has 5 heteroatoms. The Morgan fingerprint density at radius 1 is 1.43 bits per heavy atom. The number of nitrogens with one attached hydrogen (secondary N) is 1. The zero-order valence-corrected chi connectivity index (χ0v) is 13.0. The third-order valence-corrected chi connectivity index (χ3v) is 4.26. The van der Waals surface area contributed by atoms with E-state index in [4.69, 9.17) is 4.74 Å². The summed E-state index contributed by atoms with van der Waals surface area (Å²) in [5.41, 5.74) is 0.689. The molecule has 0 spiro atoms. The van der Waals surface area contributed by atoms with Gasteiger partial charge < -0.3 is 20.1 Å². The van der Waals surface area contributed by atoms with Crippen molar-refractivity contribution in [1.29, 1.82) is 0 Å². The van der Waals surface area contributed by atoms with Gasteiger partial charge in [0.15, 0.2) is 0 Å².